The Morgan fingerprint density at radius 1 is 0.627 bits per heavy atom. The molecule has 0 aliphatic heterocycles. The fraction of sp³-hybridized carbons (Fsp3) is 0.344. The highest BCUT2D eigenvalue weighted by molar-refractivity contribution is 7.92. The number of aromatic nitrogens is 3. The standard InChI is InChI=1S/C32H37N3O12S4/c1-6-7-14-46-18-20(36)19-47-21-8-11-24(27(37)15-21)30-33-31(25-12-9-22(48(2,38)39)16-28(25)50(4,42)43)35-32(34-30)26-13-10-23(49(3,40)41)17-29(26)51(5,44)45/h8-13,15-17,20,36-37H,6-7,14,18-19H2,1-5H3. The largest absolute Gasteiger partial charge is 0.507 e. The molecule has 1 aromatic heterocycles. The van der Waals surface area contributed by atoms with Crippen molar-refractivity contribution in [1.29, 1.82) is 0 Å². The average molecular weight is 784 g/mol. The van der Waals surface area contributed by atoms with Crippen molar-refractivity contribution < 1.29 is 53.4 Å². The molecule has 0 amide bonds. The smallest absolute Gasteiger partial charge is 0.176 e. The van der Waals surface area contributed by atoms with Crippen LogP contribution in [0.15, 0.2) is 74.2 Å². The molecule has 0 aliphatic carbocycles. The van der Waals surface area contributed by atoms with Crippen molar-refractivity contribution >= 4 is 39.3 Å². The minimum atomic E-state index is -4.13. The Bertz CT molecular complexity index is 2270. The van der Waals surface area contributed by atoms with E-state index in [9.17, 15) is 43.9 Å². The molecule has 0 radical (unpaired) electrons. The van der Waals surface area contributed by atoms with Crippen LogP contribution in [0.5, 0.6) is 11.5 Å². The van der Waals surface area contributed by atoms with Gasteiger partial charge >= 0.3 is 0 Å². The summed E-state index contributed by atoms with van der Waals surface area (Å²) in [5, 5.41) is 21.2. The number of benzene rings is 3. The number of phenolic OH excluding ortho intramolecular Hbond substituents is 1. The lowest BCUT2D eigenvalue weighted by Gasteiger charge is -2.15. The van der Waals surface area contributed by atoms with Gasteiger partial charge in [0.05, 0.1) is 31.8 Å². The van der Waals surface area contributed by atoms with Crippen molar-refractivity contribution in [3.63, 3.8) is 0 Å². The van der Waals surface area contributed by atoms with Crippen LogP contribution in [0.25, 0.3) is 34.2 Å². The summed E-state index contributed by atoms with van der Waals surface area (Å²) < 4.78 is 112. The molecule has 4 rings (SSSR count). The van der Waals surface area contributed by atoms with E-state index in [1.165, 1.54) is 30.3 Å². The Morgan fingerprint density at radius 3 is 1.49 bits per heavy atom. The fourth-order valence-corrected chi connectivity index (χ4v) is 7.93. The Balaban J connectivity index is 1.93. The molecule has 1 atom stereocenters. The van der Waals surface area contributed by atoms with Gasteiger partial charge in [-0.3, -0.25) is 0 Å². The Morgan fingerprint density at radius 2 is 1.08 bits per heavy atom. The van der Waals surface area contributed by atoms with E-state index in [-0.39, 0.29) is 62.9 Å². The topological polar surface area (TPSA) is 234 Å². The van der Waals surface area contributed by atoms with Crippen LogP contribution in [0.4, 0.5) is 0 Å². The predicted molar refractivity (Wildman–Crippen MR) is 187 cm³/mol. The third kappa shape index (κ3) is 10.1. The van der Waals surface area contributed by atoms with Gasteiger partial charge in [-0.05, 0) is 55.0 Å². The second kappa shape index (κ2) is 15.3. The van der Waals surface area contributed by atoms with Crippen LogP contribution < -0.4 is 4.74 Å². The zero-order valence-corrected chi connectivity index (χ0v) is 31.5. The van der Waals surface area contributed by atoms with Crippen molar-refractivity contribution in [1.82, 2.24) is 15.0 Å². The number of aliphatic hydroxyl groups excluding tert-OH is 1. The van der Waals surface area contributed by atoms with Gasteiger partial charge in [-0.25, -0.2) is 48.6 Å². The molecule has 1 unspecified atom stereocenters. The number of ether oxygens (including phenoxy) is 2. The normalized spacial score (nSPS) is 13.2. The van der Waals surface area contributed by atoms with Crippen molar-refractivity contribution in [3.8, 4) is 45.7 Å². The van der Waals surface area contributed by atoms with E-state index < -0.39 is 61.0 Å². The monoisotopic (exact) mass is 783 g/mol. The summed E-state index contributed by atoms with van der Waals surface area (Å²) in [4.78, 5) is 11.6. The maximum Gasteiger partial charge on any atom is 0.176 e. The molecule has 4 aromatic rings. The third-order valence-electron chi connectivity index (χ3n) is 7.28. The maximum atomic E-state index is 12.9. The van der Waals surface area contributed by atoms with Crippen molar-refractivity contribution in [2.75, 3.05) is 44.8 Å². The van der Waals surface area contributed by atoms with Crippen LogP contribution in [-0.2, 0) is 44.1 Å². The zero-order chi connectivity index (χ0) is 37.9. The Kier molecular flexibility index (Phi) is 11.9. The molecule has 276 valence electrons. The molecule has 15 nitrogen and oxygen atoms in total. The first-order valence-electron chi connectivity index (χ1n) is 15.2. The highest BCUT2D eigenvalue weighted by atomic mass is 32.2. The van der Waals surface area contributed by atoms with E-state index in [1.54, 1.807) is 0 Å². The third-order valence-corrected chi connectivity index (χ3v) is 11.8. The Hall–Kier alpha value is -4.01. The van der Waals surface area contributed by atoms with Crippen LogP contribution in [-0.4, -0.2) is 110 Å². The first-order chi connectivity index (χ1) is 23.6. The number of sulfone groups is 4. The number of aliphatic hydroxyl groups is 1. The van der Waals surface area contributed by atoms with Gasteiger partial charge in [-0.1, -0.05) is 13.3 Å². The Labute approximate surface area is 297 Å². The lowest BCUT2D eigenvalue weighted by atomic mass is 10.1. The van der Waals surface area contributed by atoms with E-state index >= 15 is 0 Å². The van der Waals surface area contributed by atoms with Crippen molar-refractivity contribution in [2.24, 2.45) is 0 Å². The number of unbranched alkanes of at least 4 members (excludes halogenated alkanes) is 1. The second-order valence-corrected chi connectivity index (χ2v) is 19.8. The highest BCUT2D eigenvalue weighted by Gasteiger charge is 2.26. The van der Waals surface area contributed by atoms with Crippen LogP contribution in [0.3, 0.4) is 0 Å². The predicted octanol–water partition coefficient (Wildman–Crippen LogP) is 2.75. The van der Waals surface area contributed by atoms with Gasteiger partial charge in [0.2, 0.25) is 0 Å². The summed E-state index contributed by atoms with van der Waals surface area (Å²) in [7, 11) is -16.0. The molecule has 1 heterocycles. The SMILES string of the molecule is CCCCOCC(O)COc1ccc(-c2nc(-c3ccc(S(C)(=O)=O)cc3S(C)(=O)=O)nc(-c3ccc(S(C)(=O)=O)cc3S(C)(=O)=O)n2)c(O)c1. The van der Waals surface area contributed by atoms with Crippen LogP contribution >= 0.6 is 0 Å². The number of rotatable bonds is 15. The molecule has 0 fully saturated rings. The van der Waals surface area contributed by atoms with Crippen LogP contribution in [0.1, 0.15) is 19.8 Å². The minimum absolute atomic E-state index is 0.0296. The molecular weight excluding hydrogens is 747 g/mol. The number of hydrogen-bond donors (Lipinski definition) is 2. The summed E-state index contributed by atoms with van der Waals surface area (Å²) in [6, 6.07) is 10.6. The molecule has 0 spiro atoms. The summed E-state index contributed by atoms with van der Waals surface area (Å²) in [5.74, 6) is -1.21. The van der Waals surface area contributed by atoms with Gasteiger partial charge in [0.25, 0.3) is 0 Å². The molecule has 0 aliphatic rings. The average Bonchev–Trinajstić information content (AvgIpc) is 3.03. The number of phenols is 1. The molecule has 0 saturated heterocycles. The van der Waals surface area contributed by atoms with E-state index in [2.05, 4.69) is 15.0 Å². The van der Waals surface area contributed by atoms with Crippen molar-refractivity contribution in [3.05, 3.63) is 54.6 Å². The van der Waals surface area contributed by atoms with Gasteiger partial charge in [0.15, 0.2) is 56.8 Å². The van der Waals surface area contributed by atoms with Gasteiger partial charge < -0.3 is 19.7 Å². The van der Waals surface area contributed by atoms with E-state index in [4.69, 9.17) is 9.47 Å². The molecule has 0 saturated carbocycles. The second-order valence-electron chi connectivity index (χ2n) is 11.8. The molecule has 51 heavy (non-hydrogen) atoms. The van der Waals surface area contributed by atoms with Crippen molar-refractivity contribution in [2.45, 2.75) is 45.5 Å². The molecule has 19 heteroatoms. The lowest BCUT2D eigenvalue weighted by Crippen LogP contribution is -2.23. The highest BCUT2D eigenvalue weighted by Crippen LogP contribution is 2.36. The van der Waals surface area contributed by atoms with Gasteiger partial charge in [-0.2, -0.15) is 0 Å². The zero-order valence-electron chi connectivity index (χ0n) is 28.3. The first-order valence-corrected chi connectivity index (χ1v) is 22.7. The summed E-state index contributed by atoms with van der Waals surface area (Å²) in [5.41, 5.74) is -0.367. The number of hydrogen-bond acceptors (Lipinski definition) is 15. The van der Waals surface area contributed by atoms with Crippen LogP contribution in [0, 0.1) is 0 Å². The molecule has 2 N–H and O–H groups in total. The fourth-order valence-electron chi connectivity index (χ4n) is 4.68. The van der Waals surface area contributed by atoms with E-state index in [0.29, 0.717) is 6.61 Å². The van der Waals surface area contributed by atoms with E-state index in [1.807, 2.05) is 6.92 Å². The maximum absolute atomic E-state index is 12.9. The van der Waals surface area contributed by atoms with Crippen LogP contribution in [0.2, 0.25) is 0 Å². The quantitative estimate of drug-likeness (QED) is 0.165. The minimum Gasteiger partial charge on any atom is -0.507 e. The lowest BCUT2D eigenvalue weighted by molar-refractivity contribution is 0.0113. The molecular formula is C32H37N3O12S4. The number of aromatic hydroxyl groups is 1. The molecule has 0 bridgehead atoms. The number of nitrogens with zero attached hydrogens (tertiary/aromatic N) is 3. The first kappa shape index (κ1) is 39.8. The van der Waals surface area contributed by atoms with E-state index in [0.717, 1.165) is 62.1 Å². The van der Waals surface area contributed by atoms with Gasteiger partial charge in [0, 0.05) is 48.8 Å². The van der Waals surface area contributed by atoms with Gasteiger partial charge in [-0.15, -0.1) is 0 Å². The van der Waals surface area contributed by atoms with Gasteiger partial charge in [0.1, 0.15) is 24.2 Å². The molecule has 3 aromatic carbocycles. The summed E-state index contributed by atoms with van der Waals surface area (Å²) >= 11 is 0. The summed E-state index contributed by atoms with van der Waals surface area (Å²) in [6.07, 6.45) is 4.33. The summed E-state index contributed by atoms with van der Waals surface area (Å²) in [6.45, 7) is 2.38.